The summed E-state index contributed by atoms with van der Waals surface area (Å²) in [5.74, 6) is 0.468. The largest absolute Gasteiger partial charge is 0.384 e. The summed E-state index contributed by atoms with van der Waals surface area (Å²) in [6, 6.07) is 11.0. The van der Waals surface area contributed by atoms with Gasteiger partial charge in [-0.3, -0.25) is 9.71 Å². The number of hydrogen-bond acceptors (Lipinski definition) is 6. The number of nitrogens with one attached hydrogen (secondary N) is 1. The third-order valence-corrected chi connectivity index (χ3v) is 4.44. The monoisotopic (exact) mass is 333 g/mol. The van der Waals surface area contributed by atoms with Crippen LogP contribution in [0.3, 0.4) is 0 Å². The molecule has 0 fully saturated rings. The van der Waals surface area contributed by atoms with Crippen LogP contribution in [0.1, 0.15) is 0 Å². The van der Waals surface area contributed by atoms with E-state index < -0.39 is 10.0 Å². The number of methoxy groups -OCH3 is 1. The summed E-state index contributed by atoms with van der Waals surface area (Å²) in [4.78, 5) is 4.25. The first kappa shape index (κ1) is 15.4. The highest BCUT2D eigenvalue weighted by Gasteiger charge is 2.14. The zero-order valence-corrected chi connectivity index (χ0v) is 13.2. The van der Waals surface area contributed by atoms with Gasteiger partial charge in [-0.25, -0.2) is 8.42 Å². The van der Waals surface area contributed by atoms with Gasteiger partial charge in [0, 0.05) is 30.3 Å². The van der Waals surface area contributed by atoms with Crippen molar-refractivity contribution >= 4 is 26.7 Å². The molecule has 1 aromatic carbocycles. The van der Waals surface area contributed by atoms with Crippen LogP contribution in [0.2, 0.25) is 0 Å². The lowest BCUT2D eigenvalue weighted by Crippen LogP contribution is -2.19. The molecule has 0 unspecified atom stereocenters. The Morgan fingerprint density at radius 1 is 1.26 bits per heavy atom. The summed E-state index contributed by atoms with van der Waals surface area (Å²) in [6.45, 7) is 0.109. The molecule has 0 bridgehead atoms. The molecule has 0 aliphatic carbocycles. The highest BCUT2D eigenvalue weighted by Crippen LogP contribution is 2.25. The zero-order chi connectivity index (χ0) is 16.3. The SMILES string of the molecule is COCCS(=O)(=O)Nc1cc(-c2ccc3ncccc3c2)on1. The van der Waals surface area contributed by atoms with Gasteiger partial charge in [-0.2, -0.15) is 0 Å². The molecule has 0 amide bonds. The van der Waals surface area contributed by atoms with Crippen molar-refractivity contribution in [3.63, 3.8) is 0 Å². The standard InChI is InChI=1S/C15H15N3O4S/c1-21-7-8-23(19,20)18-15-10-14(22-17-15)12-4-5-13-11(9-12)3-2-6-16-13/h2-6,9-10H,7-8H2,1H3,(H,17,18). The molecule has 1 N–H and O–H groups in total. The molecule has 0 radical (unpaired) electrons. The lowest BCUT2D eigenvalue weighted by atomic mass is 10.1. The third kappa shape index (κ3) is 3.66. The molecule has 0 saturated carbocycles. The summed E-state index contributed by atoms with van der Waals surface area (Å²) < 4.78 is 35.9. The molecule has 2 heterocycles. The fourth-order valence-corrected chi connectivity index (χ4v) is 2.99. The highest BCUT2D eigenvalue weighted by molar-refractivity contribution is 7.92. The number of ether oxygens (including phenoxy) is 1. The fourth-order valence-electron chi connectivity index (χ4n) is 2.09. The molecule has 3 rings (SSSR count). The Bertz CT molecular complexity index is 921. The summed E-state index contributed by atoms with van der Waals surface area (Å²) >= 11 is 0. The molecule has 0 aliphatic heterocycles. The average Bonchev–Trinajstić information content (AvgIpc) is 3.00. The van der Waals surface area contributed by atoms with E-state index in [0.29, 0.717) is 5.76 Å². The smallest absolute Gasteiger partial charge is 0.236 e. The van der Waals surface area contributed by atoms with E-state index in [4.69, 9.17) is 9.26 Å². The summed E-state index contributed by atoms with van der Waals surface area (Å²) in [6.07, 6.45) is 1.73. The van der Waals surface area contributed by atoms with Crippen molar-refractivity contribution in [1.82, 2.24) is 10.1 Å². The minimum absolute atomic E-state index is 0.109. The molecular weight excluding hydrogens is 318 g/mol. The minimum atomic E-state index is -3.51. The second-order valence-electron chi connectivity index (χ2n) is 4.90. The molecule has 120 valence electrons. The van der Waals surface area contributed by atoms with Crippen LogP contribution in [0.4, 0.5) is 5.82 Å². The maximum Gasteiger partial charge on any atom is 0.236 e. The molecule has 7 nitrogen and oxygen atoms in total. The van der Waals surface area contributed by atoms with E-state index in [0.717, 1.165) is 16.5 Å². The number of anilines is 1. The van der Waals surface area contributed by atoms with Crippen molar-refractivity contribution in [2.24, 2.45) is 0 Å². The number of hydrogen-bond donors (Lipinski definition) is 1. The Labute approximate surface area is 133 Å². The van der Waals surface area contributed by atoms with Gasteiger partial charge in [0.15, 0.2) is 11.6 Å². The van der Waals surface area contributed by atoms with E-state index in [1.54, 1.807) is 12.3 Å². The molecule has 2 aromatic heterocycles. The fraction of sp³-hybridized carbons (Fsp3) is 0.200. The first-order valence-electron chi connectivity index (χ1n) is 6.89. The van der Waals surface area contributed by atoms with Crippen LogP contribution in [0.15, 0.2) is 47.1 Å². The van der Waals surface area contributed by atoms with Crippen LogP contribution in [0.5, 0.6) is 0 Å². The van der Waals surface area contributed by atoms with E-state index in [9.17, 15) is 8.42 Å². The maximum absolute atomic E-state index is 11.8. The molecule has 0 aliphatic rings. The van der Waals surface area contributed by atoms with E-state index in [1.165, 1.54) is 7.11 Å². The van der Waals surface area contributed by atoms with Gasteiger partial charge in [0.1, 0.15) is 0 Å². The maximum atomic E-state index is 11.8. The van der Waals surface area contributed by atoms with Gasteiger partial charge in [-0.15, -0.1) is 0 Å². The van der Waals surface area contributed by atoms with Gasteiger partial charge in [-0.05, 0) is 24.3 Å². The molecule has 0 spiro atoms. The van der Waals surface area contributed by atoms with Gasteiger partial charge in [0.05, 0.1) is 17.9 Å². The number of sulfonamides is 1. The molecule has 0 atom stereocenters. The normalized spacial score (nSPS) is 11.7. The predicted molar refractivity (Wildman–Crippen MR) is 86.5 cm³/mol. The first-order chi connectivity index (χ1) is 11.1. The third-order valence-electron chi connectivity index (χ3n) is 3.21. The first-order valence-corrected chi connectivity index (χ1v) is 8.54. The van der Waals surface area contributed by atoms with Crippen LogP contribution >= 0.6 is 0 Å². The van der Waals surface area contributed by atoms with Gasteiger partial charge in [0.25, 0.3) is 0 Å². The van der Waals surface area contributed by atoms with Crippen LogP contribution < -0.4 is 4.72 Å². The number of fused-ring (bicyclic) bond motifs is 1. The van der Waals surface area contributed by atoms with E-state index >= 15 is 0 Å². The Morgan fingerprint density at radius 2 is 2.13 bits per heavy atom. The quantitative estimate of drug-likeness (QED) is 0.743. The Balaban J connectivity index is 1.83. The van der Waals surface area contributed by atoms with Crippen molar-refractivity contribution in [3.05, 3.63) is 42.6 Å². The Kier molecular flexibility index (Phi) is 4.26. The lowest BCUT2D eigenvalue weighted by Gasteiger charge is -2.03. The predicted octanol–water partition coefficient (Wildman–Crippen LogP) is 2.28. The molecular formula is C15H15N3O4S. The van der Waals surface area contributed by atoms with Crippen molar-refractivity contribution in [2.45, 2.75) is 0 Å². The highest BCUT2D eigenvalue weighted by atomic mass is 32.2. The van der Waals surface area contributed by atoms with Crippen LogP contribution in [-0.2, 0) is 14.8 Å². The molecule has 23 heavy (non-hydrogen) atoms. The van der Waals surface area contributed by atoms with Crippen molar-refractivity contribution in [2.75, 3.05) is 24.2 Å². The average molecular weight is 333 g/mol. The van der Waals surface area contributed by atoms with E-state index in [2.05, 4.69) is 14.9 Å². The van der Waals surface area contributed by atoms with Gasteiger partial charge in [-0.1, -0.05) is 11.2 Å². The zero-order valence-electron chi connectivity index (χ0n) is 12.4. The molecule has 3 aromatic rings. The number of pyridine rings is 1. The number of benzene rings is 1. The van der Waals surface area contributed by atoms with Crippen molar-refractivity contribution in [1.29, 1.82) is 0 Å². The van der Waals surface area contributed by atoms with Gasteiger partial charge in [0.2, 0.25) is 10.0 Å². The van der Waals surface area contributed by atoms with Crippen LogP contribution in [-0.4, -0.2) is 38.0 Å². The topological polar surface area (TPSA) is 94.3 Å². The second kappa shape index (κ2) is 6.35. The summed E-state index contributed by atoms with van der Waals surface area (Å²) in [7, 11) is -2.07. The van der Waals surface area contributed by atoms with Gasteiger partial charge >= 0.3 is 0 Å². The second-order valence-corrected chi connectivity index (χ2v) is 6.74. The number of aromatic nitrogens is 2. The van der Waals surface area contributed by atoms with E-state index in [1.807, 2.05) is 30.3 Å². The molecule has 0 saturated heterocycles. The number of rotatable bonds is 6. The molecule has 8 heteroatoms. The van der Waals surface area contributed by atoms with Crippen molar-refractivity contribution < 1.29 is 17.7 Å². The van der Waals surface area contributed by atoms with Crippen molar-refractivity contribution in [3.8, 4) is 11.3 Å². The minimum Gasteiger partial charge on any atom is -0.384 e. The summed E-state index contributed by atoms with van der Waals surface area (Å²) in [5.41, 5.74) is 1.66. The Morgan fingerprint density at radius 3 is 2.96 bits per heavy atom. The number of nitrogens with zero attached hydrogens (tertiary/aromatic N) is 2. The lowest BCUT2D eigenvalue weighted by molar-refractivity contribution is 0.217. The summed E-state index contributed by atoms with van der Waals surface area (Å²) in [5, 5.41) is 4.71. The van der Waals surface area contributed by atoms with E-state index in [-0.39, 0.29) is 18.2 Å². The van der Waals surface area contributed by atoms with Gasteiger partial charge < -0.3 is 9.26 Å². The van der Waals surface area contributed by atoms with Crippen LogP contribution in [0, 0.1) is 0 Å². The Hall–Kier alpha value is -2.45. The van der Waals surface area contributed by atoms with Crippen LogP contribution in [0.25, 0.3) is 22.2 Å².